The molecule has 0 saturated heterocycles. The third-order valence-corrected chi connectivity index (χ3v) is 10.1. The largest absolute Gasteiger partial charge is 0.389 e. The van der Waals surface area contributed by atoms with Crippen LogP contribution in [-0.4, -0.2) is 47.6 Å². The van der Waals surface area contributed by atoms with Gasteiger partial charge >= 0.3 is 0 Å². The fourth-order valence-electron chi connectivity index (χ4n) is 7.69. The van der Waals surface area contributed by atoms with Crippen LogP contribution in [0.15, 0.2) is 104 Å². The van der Waals surface area contributed by atoms with Crippen LogP contribution in [-0.2, 0) is 5.54 Å². The van der Waals surface area contributed by atoms with Gasteiger partial charge in [0.15, 0.2) is 0 Å². The number of hydrogen-bond acceptors (Lipinski definition) is 6. The Bertz CT molecular complexity index is 2200. The van der Waals surface area contributed by atoms with Crippen LogP contribution >= 0.6 is 0 Å². The second kappa shape index (κ2) is 9.98. The average Bonchev–Trinajstić information content (AvgIpc) is 3.75. The van der Waals surface area contributed by atoms with Gasteiger partial charge in [-0.3, -0.25) is 24.6 Å². The molecule has 1 aliphatic heterocycles. The number of imide groups is 1. The van der Waals surface area contributed by atoms with E-state index in [1.54, 1.807) is 61.1 Å². The molecule has 0 spiro atoms. The molecule has 47 heavy (non-hydrogen) atoms. The number of nitrogens with one attached hydrogen (secondary N) is 1. The Morgan fingerprint density at radius 2 is 1.49 bits per heavy atom. The Kier molecular flexibility index (Phi) is 5.89. The molecule has 6 aromatic rings. The van der Waals surface area contributed by atoms with E-state index in [9.17, 15) is 14.7 Å². The number of carbonyl (C=O) groups excluding carboxylic acids is 2. The molecular formula is C38H28FN5O3. The highest BCUT2D eigenvalue weighted by Crippen LogP contribution is 2.61. The lowest BCUT2D eigenvalue weighted by molar-refractivity contribution is -0.143. The molecular weight excluding hydrogens is 593 g/mol. The predicted molar refractivity (Wildman–Crippen MR) is 173 cm³/mol. The molecule has 8 nitrogen and oxygen atoms in total. The van der Waals surface area contributed by atoms with E-state index in [-0.39, 0.29) is 36.4 Å². The maximum absolute atomic E-state index is 15.4. The van der Waals surface area contributed by atoms with Gasteiger partial charge < -0.3 is 5.11 Å². The zero-order chi connectivity index (χ0) is 31.9. The average molecular weight is 622 g/mol. The minimum atomic E-state index is -0.987. The van der Waals surface area contributed by atoms with E-state index in [0.717, 1.165) is 34.9 Å². The van der Waals surface area contributed by atoms with Gasteiger partial charge in [-0.05, 0) is 54.7 Å². The van der Waals surface area contributed by atoms with Crippen LogP contribution in [0.3, 0.4) is 0 Å². The Morgan fingerprint density at radius 3 is 2.13 bits per heavy atom. The quantitative estimate of drug-likeness (QED) is 0.195. The van der Waals surface area contributed by atoms with Crippen molar-refractivity contribution in [3.05, 3.63) is 126 Å². The number of aliphatic hydroxyl groups is 1. The van der Waals surface area contributed by atoms with Crippen LogP contribution in [0.25, 0.3) is 44.5 Å². The van der Waals surface area contributed by atoms with E-state index >= 15 is 4.39 Å². The van der Waals surface area contributed by atoms with Crippen LogP contribution in [0, 0.1) is 11.7 Å². The van der Waals surface area contributed by atoms with Gasteiger partial charge in [-0.15, -0.1) is 0 Å². The first-order valence-electron chi connectivity index (χ1n) is 15.7. The van der Waals surface area contributed by atoms with Crippen molar-refractivity contribution < 1.29 is 19.1 Å². The first-order chi connectivity index (χ1) is 22.9. The topological polar surface area (TPSA) is 112 Å². The van der Waals surface area contributed by atoms with Crippen molar-refractivity contribution in [1.29, 1.82) is 0 Å². The maximum atomic E-state index is 15.4. The standard InChI is InChI=1S/C38H28FN5O3/c39-31-8-4-3-5-26(31)29-17-30-32(15-16-40-33(30)23-18-41-42-19-23)43-34(29)22-9-11-24(12-10-22)37(20-38(47,21-37)25-13-14-25)44-35(45)27-6-1-2-7-28(27)36(44)46/h1-12,15-19,25,47H,13-14,20-21H2,(H,41,42)/t37-,38+. The lowest BCUT2D eigenvalue weighted by Crippen LogP contribution is -2.65. The molecule has 0 atom stereocenters. The predicted octanol–water partition coefficient (Wildman–Crippen LogP) is 6.92. The Morgan fingerprint density at radius 1 is 0.809 bits per heavy atom. The third-order valence-electron chi connectivity index (χ3n) is 10.1. The van der Waals surface area contributed by atoms with Crippen molar-refractivity contribution in [3.63, 3.8) is 0 Å². The number of carbonyl (C=O) groups is 2. The molecule has 3 aliphatic rings. The van der Waals surface area contributed by atoms with Crippen molar-refractivity contribution in [1.82, 2.24) is 25.1 Å². The van der Waals surface area contributed by atoms with E-state index in [2.05, 4.69) is 15.2 Å². The van der Waals surface area contributed by atoms with E-state index in [1.807, 2.05) is 36.4 Å². The lowest BCUT2D eigenvalue weighted by atomic mass is 9.58. The Balaban J connectivity index is 1.18. The van der Waals surface area contributed by atoms with Crippen molar-refractivity contribution in [3.8, 4) is 33.6 Å². The van der Waals surface area contributed by atoms with Gasteiger partial charge in [-0.2, -0.15) is 5.10 Å². The third kappa shape index (κ3) is 4.12. The molecule has 2 fully saturated rings. The van der Waals surface area contributed by atoms with Crippen LogP contribution in [0.1, 0.15) is 52.0 Å². The fourth-order valence-corrected chi connectivity index (χ4v) is 7.69. The molecule has 9 rings (SSSR count). The van der Waals surface area contributed by atoms with Crippen LogP contribution in [0.2, 0.25) is 0 Å². The van der Waals surface area contributed by atoms with Crippen molar-refractivity contribution >= 4 is 22.7 Å². The number of H-pyrrole nitrogens is 1. The summed E-state index contributed by atoms with van der Waals surface area (Å²) < 4.78 is 15.4. The van der Waals surface area contributed by atoms with Gasteiger partial charge in [0.25, 0.3) is 11.8 Å². The molecule has 2 N–H and O–H groups in total. The summed E-state index contributed by atoms with van der Waals surface area (Å²) in [5, 5.41) is 19.2. The summed E-state index contributed by atoms with van der Waals surface area (Å²) in [6.07, 6.45) is 7.59. The van der Waals surface area contributed by atoms with Gasteiger partial charge in [0.1, 0.15) is 5.82 Å². The second-order valence-electron chi connectivity index (χ2n) is 12.9. The summed E-state index contributed by atoms with van der Waals surface area (Å²) in [5.41, 5.74) is 4.10. The summed E-state index contributed by atoms with van der Waals surface area (Å²) in [6.45, 7) is 0. The molecule has 0 radical (unpaired) electrons. The number of pyridine rings is 2. The van der Waals surface area contributed by atoms with E-state index in [0.29, 0.717) is 39.2 Å². The maximum Gasteiger partial charge on any atom is 0.262 e. The van der Waals surface area contributed by atoms with Crippen molar-refractivity contribution in [2.45, 2.75) is 36.8 Å². The van der Waals surface area contributed by atoms with Crippen LogP contribution in [0.4, 0.5) is 4.39 Å². The summed E-state index contributed by atoms with van der Waals surface area (Å²) in [5.74, 6) is -0.879. The molecule has 4 heterocycles. The molecule has 2 aliphatic carbocycles. The van der Waals surface area contributed by atoms with E-state index in [1.165, 1.54) is 11.0 Å². The number of hydrogen-bond donors (Lipinski definition) is 2. The zero-order valence-electron chi connectivity index (χ0n) is 25.2. The fraction of sp³-hybridized carbons (Fsp3) is 0.184. The van der Waals surface area contributed by atoms with Gasteiger partial charge in [0.05, 0.1) is 45.4 Å². The zero-order valence-corrected chi connectivity index (χ0v) is 25.2. The molecule has 3 aromatic heterocycles. The van der Waals surface area contributed by atoms with Gasteiger partial charge in [-0.1, -0.05) is 54.6 Å². The minimum absolute atomic E-state index is 0.177. The number of aromatic amines is 1. The van der Waals surface area contributed by atoms with Gasteiger partial charge in [-0.25, -0.2) is 9.37 Å². The summed E-state index contributed by atoms with van der Waals surface area (Å²) in [6, 6.07) is 24.8. The highest BCUT2D eigenvalue weighted by molar-refractivity contribution is 6.22. The molecule has 230 valence electrons. The molecule has 2 saturated carbocycles. The Labute approximate surface area is 268 Å². The number of halogens is 1. The number of fused-ring (bicyclic) bond motifs is 2. The summed E-state index contributed by atoms with van der Waals surface area (Å²) in [4.78, 5) is 38.5. The minimum Gasteiger partial charge on any atom is -0.389 e. The van der Waals surface area contributed by atoms with E-state index < -0.39 is 11.1 Å². The van der Waals surface area contributed by atoms with Crippen LogP contribution < -0.4 is 0 Å². The Hall–Kier alpha value is -5.54. The molecule has 2 amide bonds. The van der Waals surface area contributed by atoms with Crippen molar-refractivity contribution in [2.75, 3.05) is 0 Å². The number of rotatable bonds is 6. The highest BCUT2D eigenvalue weighted by atomic mass is 19.1. The second-order valence-corrected chi connectivity index (χ2v) is 12.9. The van der Waals surface area contributed by atoms with Crippen molar-refractivity contribution in [2.24, 2.45) is 5.92 Å². The summed E-state index contributed by atoms with van der Waals surface area (Å²) in [7, 11) is 0. The first kappa shape index (κ1) is 27.7. The SMILES string of the molecule is O=C1c2ccccc2C(=O)N1[C@]1(c2ccc(-c3nc4ccnc(-c5cn[nH]c5)c4cc3-c3ccccc3F)cc2)C[C@@](O)(C2CC2)C1. The smallest absolute Gasteiger partial charge is 0.262 e. The number of aromatic nitrogens is 4. The van der Waals surface area contributed by atoms with Gasteiger partial charge in [0, 0.05) is 52.9 Å². The lowest BCUT2D eigenvalue weighted by Gasteiger charge is -2.57. The molecule has 0 bridgehead atoms. The van der Waals surface area contributed by atoms with Gasteiger partial charge in [0.2, 0.25) is 0 Å². The number of benzene rings is 3. The molecule has 3 aromatic carbocycles. The number of nitrogens with zero attached hydrogens (tertiary/aromatic N) is 4. The number of amides is 2. The monoisotopic (exact) mass is 621 g/mol. The first-order valence-corrected chi connectivity index (χ1v) is 15.7. The highest BCUT2D eigenvalue weighted by Gasteiger charge is 2.66. The normalized spacial score (nSPS) is 22.0. The van der Waals surface area contributed by atoms with E-state index in [4.69, 9.17) is 4.98 Å². The molecule has 9 heteroatoms. The summed E-state index contributed by atoms with van der Waals surface area (Å²) >= 11 is 0. The van der Waals surface area contributed by atoms with Crippen LogP contribution in [0.5, 0.6) is 0 Å². The molecule has 0 unspecified atom stereocenters.